The summed E-state index contributed by atoms with van der Waals surface area (Å²) >= 11 is 0. The van der Waals surface area contributed by atoms with Crippen LogP contribution in [0.3, 0.4) is 0 Å². The highest BCUT2D eigenvalue weighted by atomic mass is 14.6. The molecule has 1 heterocycles. The van der Waals surface area contributed by atoms with Crippen molar-refractivity contribution in [3.63, 3.8) is 0 Å². The Labute approximate surface area is 110 Å². The van der Waals surface area contributed by atoms with Gasteiger partial charge in [0.2, 0.25) is 0 Å². The normalized spacial score (nSPS) is 12.7. The molecule has 0 fully saturated rings. The molecule has 0 saturated heterocycles. The Kier molecular flexibility index (Phi) is 4.14. The van der Waals surface area contributed by atoms with Crippen molar-refractivity contribution in [2.45, 2.75) is 33.1 Å². The lowest BCUT2D eigenvalue weighted by Crippen LogP contribution is -2.06. The molecule has 0 saturated carbocycles. The molecule has 1 heteroatoms. The molecule has 0 bridgehead atoms. The maximum Gasteiger partial charge on any atom is 0.0346 e. The van der Waals surface area contributed by atoms with Gasteiger partial charge in [0.1, 0.15) is 0 Å². The monoisotopic (exact) mass is 239 g/mol. The molecule has 18 heavy (non-hydrogen) atoms. The zero-order valence-electron chi connectivity index (χ0n) is 11.4. The zero-order valence-corrected chi connectivity index (χ0v) is 11.4. The van der Waals surface area contributed by atoms with Gasteiger partial charge in [0.25, 0.3) is 0 Å². The van der Waals surface area contributed by atoms with Crippen LogP contribution in [0.1, 0.15) is 38.7 Å². The Morgan fingerprint density at radius 1 is 1.00 bits per heavy atom. The van der Waals surface area contributed by atoms with Gasteiger partial charge >= 0.3 is 0 Å². The van der Waals surface area contributed by atoms with Gasteiger partial charge in [-0.3, -0.25) is 4.98 Å². The molecule has 0 spiro atoms. The Morgan fingerprint density at radius 3 is 2.33 bits per heavy atom. The second-order valence-corrected chi connectivity index (χ2v) is 5.13. The summed E-state index contributed by atoms with van der Waals surface area (Å²) in [4.78, 5) is 4.41. The van der Waals surface area contributed by atoms with Gasteiger partial charge in [-0.25, -0.2) is 0 Å². The summed E-state index contributed by atoms with van der Waals surface area (Å²) in [7, 11) is 0. The summed E-state index contributed by atoms with van der Waals surface area (Å²) in [6, 6.07) is 12.7. The van der Waals surface area contributed by atoms with Crippen molar-refractivity contribution in [3.8, 4) is 11.1 Å². The number of nitrogens with zero attached hydrogens (tertiary/aromatic N) is 1. The van der Waals surface area contributed by atoms with Crippen molar-refractivity contribution in [1.29, 1.82) is 0 Å². The fourth-order valence-electron chi connectivity index (χ4n) is 2.54. The van der Waals surface area contributed by atoms with Gasteiger partial charge in [0.15, 0.2) is 0 Å². The number of pyridine rings is 1. The fraction of sp³-hybridized carbons (Fsp3) is 0.353. The van der Waals surface area contributed by atoms with Crippen LogP contribution in [0.5, 0.6) is 0 Å². The van der Waals surface area contributed by atoms with Crippen molar-refractivity contribution >= 4 is 0 Å². The first-order valence-corrected chi connectivity index (χ1v) is 6.72. The lowest BCUT2D eigenvalue weighted by molar-refractivity contribution is 0.484. The predicted molar refractivity (Wildman–Crippen MR) is 77.5 cm³/mol. The van der Waals surface area contributed by atoms with Gasteiger partial charge in [-0.15, -0.1) is 0 Å². The third-order valence-corrected chi connectivity index (χ3v) is 3.54. The second kappa shape index (κ2) is 5.81. The van der Waals surface area contributed by atoms with Crippen molar-refractivity contribution < 1.29 is 0 Å². The summed E-state index contributed by atoms with van der Waals surface area (Å²) in [5.41, 5.74) is 3.81. The number of benzene rings is 1. The third kappa shape index (κ3) is 2.79. The Morgan fingerprint density at radius 2 is 1.72 bits per heavy atom. The summed E-state index contributed by atoms with van der Waals surface area (Å²) in [6.45, 7) is 6.81. The Balaban J connectivity index is 2.36. The van der Waals surface area contributed by atoms with Crippen LogP contribution in [0.2, 0.25) is 0 Å². The molecule has 0 N–H and O–H groups in total. The first-order valence-electron chi connectivity index (χ1n) is 6.72. The van der Waals surface area contributed by atoms with Crippen LogP contribution < -0.4 is 0 Å². The lowest BCUT2D eigenvalue weighted by Gasteiger charge is -2.19. The quantitative estimate of drug-likeness (QED) is 0.739. The minimum absolute atomic E-state index is 0.598. The molecule has 1 atom stereocenters. The largest absolute Gasteiger partial charge is 0.264 e. The summed E-state index contributed by atoms with van der Waals surface area (Å²) in [5.74, 6) is 1.25. The van der Waals surface area contributed by atoms with Gasteiger partial charge in [-0.05, 0) is 35.4 Å². The maximum absolute atomic E-state index is 4.41. The number of hydrogen-bond donors (Lipinski definition) is 0. The average molecular weight is 239 g/mol. The first-order chi connectivity index (χ1) is 8.72. The molecule has 1 aromatic heterocycles. The molecular weight excluding hydrogens is 218 g/mol. The molecule has 1 unspecified atom stereocenters. The molecule has 1 aromatic carbocycles. The van der Waals surface area contributed by atoms with Crippen LogP contribution in [0.15, 0.2) is 48.8 Å². The highest BCUT2D eigenvalue weighted by molar-refractivity contribution is 5.62. The zero-order chi connectivity index (χ0) is 13.0. The van der Waals surface area contributed by atoms with Crippen molar-refractivity contribution in [1.82, 2.24) is 4.98 Å². The molecule has 0 amide bonds. The SMILES string of the molecule is CCC(c1cncc(-c2ccccc2)c1)C(C)C. The van der Waals surface area contributed by atoms with Crippen LogP contribution in [0.4, 0.5) is 0 Å². The molecule has 2 aromatic rings. The molecule has 0 aliphatic heterocycles. The standard InChI is InChI=1S/C17H21N/c1-4-17(13(2)3)16-10-15(11-18-12-16)14-8-6-5-7-9-14/h5-13,17H,4H2,1-3H3. The van der Waals surface area contributed by atoms with E-state index in [1.54, 1.807) is 0 Å². The van der Waals surface area contributed by atoms with E-state index in [0.717, 1.165) is 6.42 Å². The molecule has 0 radical (unpaired) electrons. The van der Waals surface area contributed by atoms with Crippen LogP contribution in [-0.2, 0) is 0 Å². The maximum atomic E-state index is 4.41. The molecular formula is C17H21N. The Hall–Kier alpha value is -1.63. The summed E-state index contributed by atoms with van der Waals surface area (Å²) < 4.78 is 0. The van der Waals surface area contributed by atoms with Crippen LogP contribution in [-0.4, -0.2) is 4.98 Å². The van der Waals surface area contributed by atoms with Gasteiger partial charge in [0, 0.05) is 18.0 Å². The minimum atomic E-state index is 0.598. The van der Waals surface area contributed by atoms with Gasteiger partial charge in [-0.1, -0.05) is 51.1 Å². The van der Waals surface area contributed by atoms with Crippen LogP contribution in [0, 0.1) is 5.92 Å². The van der Waals surface area contributed by atoms with Gasteiger partial charge < -0.3 is 0 Å². The number of aromatic nitrogens is 1. The van der Waals surface area contributed by atoms with Crippen LogP contribution in [0.25, 0.3) is 11.1 Å². The first kappa shape index (κ1) is 12.8. The second-order valence-electron chi connectivity index (χ2n) is 5.13. The van der Waals surface area contributed by atoms with E-state index in [1.807, 2.05) is 18.5 Å². The van der Waals surface area contributed by atoms with E-state index in [2.05, 4.69) is 56.1 Å². The van der Waals surface area contributed by atoms with Crippen molar-refractivity contribution in [2.24, 2.45) is 5.92 Å². The smallest absolute Gasteiger partial charge is 0.0346 e. The highest BCUT2D eigenvalue weighted by Gasteiger charge is 2.14. The van der Waals surface area contributed by atoms with Crippen molar-refractivity contribution in [3.05, 3.63) is 54.4 Å². The Bertz CT molecular complexity index is 488. The minimum Gasteiger partial charge on any atom is -0.264 e. The van der Waals surface area contributed by atoms with Gasteiger partial charge in [-0.2, -0.15) is 0 Å². The molecule has 2 rings (SSSR count). The number of rotatable bonds is 4. The lowest BCUT2D eigenvalue weighted by atomic mass is 9.86. The highest BCUT2D eigenvalue weighted by Crippen LogP contribution is 2.29. The molecule has 0 aliphatic carbocycles. The van der Waals surface area contributed by atoms with Gasteiger partial charge in [0.05, 0.1) is 0 Å². The molecule has 1 nitrogen and oxygen atoms in total. The third-order valence-electron chi connectivity index (χ3n) is 3.54. The van der Waals surface area contributed by atoms with E-state index in [1.165, 1.54) is 16.7 Å². The van der Waals surface area contributed by atoms with E-state index in [0.29, 0.717) is 11.8 Å². The molecule has 94 valence electrons. The number of hydrogen-bond acceptors (Lipinski definition) is 1. The predicted octanol–water partition coefficient (Wildman–Crippen LogP) is 4.90. The average Bonchev–Trinajstić information content (AvgIpc) is 2.40. The van der Waals surface area contributed by atoms with E-state index in [-0.39, 0.29) is 0 Å². The summed E-state index contributed by atoms with van der Waals surface area (Å²) in [6.07, 6.45) is 5.13. The van der Waals surface area contributed by atoms with E-state index in [4.69, 9.17) is 0 Å². The van der Waals surface area contributed by atoms with E-state index in [9.17, 15) is 0 Å². The fourth-order valence-corrected chi connectivity index (χ4v) is 2.54. The molecule has 0 aliphatic rings. The summed E-state index contributed by atoms with van der Waals surface area (Å²) in [5, 5.41) is 0. The van der Waals surface area contributed by atoms with E-state index < -0.39 is 0 Å². The van der Waals surface area contributed by atoms with Crippen LogP contribution >= 0.6 is 0 Å². The topological polar surface area (TPSA) is 12.9 Å². The van der Waals surface area contributed by atoms with Crippen molar-refractivity contribution in [2.75, 3.05) is 0 Å². The van der Waals surface area contributed by atoms with E-state index >= 15 is 0 Å².